The summed E-state index contributed by atoms with van der Waals surface area (Å²) in [5.74, 6) is -0.336. The Balaban J connectivity index is 1.90. The molecule has 7 heteroatoms. The SMILES string of the molecule is COC(=O)CCNC(=O)c1n[nH]c(C2CC2)c1N. The Morgan fingerprint density at radius 2 is 2.28 bits per heavy atom. The topological polar surface area (TPSA) is 110 Å². The van der Waals surface area contributed by atoms with Crippen molar-refractivity contribution in [2.75, 3.05) is 19.4 Å². The van der Waals surface area contributed by atoms with E-state index in [0.717, 1.165) is 18.5 Å². The average molecular weight is 252 g/mol. The number of methoxy groups -OCH3 is 1. The number of carbonyl (C=O) groups excluding carboxylic acids is 2. The minimum Gasteiger partial charge on any atom is -0.469 e. The molecule has 1 amide bonds. The van der Waals surface area contributed by atoms with Gasteiger partial charge in [-0.1, -0.05) is 0 Å². The van der Waals surface area contributed by atoms with E-state index in [4.69, 9.17) is 5.73 Å². The van der Waals surface area contributed by atoms with Gasteiger partial charge in [-0.2, -0.15) is 5.10 Å². The third-order valence-corrected chi connectivity index (χ3v) is 2.88. The van der Waals surface area contributed by atoms with Gasteiger partial charge in [0.05, 0.1) is 24.9 Å². The number of nitrogens with one attached hydrogen (secondary N) is 2. The molecule has 0 radical (unpaired) electrons. The molecule has 7 nitrogen and oxygen atoms in total. The largest absolute Gasteiger partial charge is 0.469 e. The van der Waals surface area contributed by atoms with Gasteiger partial charge in [0.2, 0.25) is 0 Å². The molecular formula is C11H16N4O3. The smallest absolute Gasteiger partial charge is 0.307 e. The number of anilines is 1. The molecule has 2 rings (SSSR count). The normalized spacial score (nSPS) is 14.3. The van der Waals surface area contributed by atoms with Crippen LogP contribution in [-0.2, 0) is 9.53 Å². The van der Waals surface area contributed by atoms with Crippen molar-refractivity contribution in [2.45, 2.75) is 25.2 Å². The molecule has 4 N–H and O–H groups in total. The molecule has 0 aliphatic heterocycles. The Labute approximate surface area is 104 Å². The van der Waals surface area contributed by atoms with Gasteiger partial charge in [-0.3, -0.25) is 14.7 Å². The highest BCUT2D eigenvalue weighted by atomic mass is 16.5. The fourth-order valence-electron chi connectivity index (χ4n) is 1.68. The summed E-state index contributed by atoms with van der Waals surface area (Å²) in [6.07, 6.45) is 2.29. The maximum Gasteiger partial charge on any atom is 0.307 e. The maximum atomic E-state index is 11.8. The van der Waals surface area contributed by atoms with Crippen LogP contribution in [0.2, 0.25) is 0 Å². The van der Waals surface area contributed by atoms with Gasteiger partial charge in [-0.15, -0.1) is 0 Å². The highest BCUT2D eigenvalue weighted by molar-refractivity contribution is 5.97. The number of ether oxygens (including phenoxy) is 1. The first-order chi connectivity index (χ1) is 8.63. The van der Waals surface area contributed by atoms with Crippen molar-refractivity contribution in [1.29, 1.82) is 0 Å². The molecule has 0 aromatic carbocycles. The Morgan fingerprint density at radius 1 is 1.56 bits per heavy atom. The molecule has 1 saturated carbocycles. The number of nitrogens with two attached hydrogens (primary N) is 1. The van der Waals surface area contributed by atoms with E-state index in [-0.39, 0.29) is 30.5 Å². The molecule has 1 aromatic rings. The third kappa shape index (κ3) is 2.61. The number of amides is 1. The van der Waals surface area contributed by atoms with Crippen LogP contribution in [-0.4, -0.2) is 35.7 Å². The average Bonchev–Trinajstić information content (AvgIpc) is 3.12. The Kier molecular flexibility index (Phi) is 3.50. The number of aromatic amines is 1. The Hall–Kier alpha value is -2.05. The zero-order valence-corrected chi connectivity index (χ0v) is 10.2. The minimum absolute atomic E-state index is 0.127. The minimum atomic E-state index is -0.375. The van der Waals surface area contributed by atoms with Crippen molar-refractivity contribution < 1.29 is 14.3 Å². The second kappa shape index (κ2) is 5.07. The van der Waals surface area contributed by atoms with E-state index in [9.17, 15) is 9.59 Å². The number of H-pyrrole nitrogens is 1. The Morgan fingerprint density at radius 3 is 2.89 bits per heavy atom. The molecular weight excluding hydrogens is 236 g/mol. The van der Waals surface area contributed by atoms with E-state index in [1.54, 1.807) is 0 Å². The van der Waals surface area contributed by atoms with E-state index in [1.165, 1.54) is 7.11 Å². The number of hydrogen-bond acceptors (Lipinski definition) is 5. The fraction of sp³-hybridized carbons (Fsp3) is 0.545. The van der Waals surface area contributed by atoms with Gasteiger partial charge in [0.1, 0.15) is 0 Å². The first-order valence-electron chi connectivity index (χ1n) is 5.82. The molecule has 98 valence electrons. The first-order valence-corrected chi connectivity index (χ1v) is 5.82. The molecule has 1 heterocycles. The molecule has 1 fully saturated rings. The number of nitrogens with zero attached hydrogens (tertiary/aromatic N) is 1. The highest BCUT2D eigenvalue weighted by Gasteiger charge is 2.30. The van der Waals surface area contributed by atoms with Crippen LogP contribution in [0, 0.1) is 0 Å². The second-order valence-electron chi connectivity index (χ2n) is 4.26. The van der Waals surface area contributed by atoms with Crippen LogP contribution >= 0.6 is 0 Å². The van der Waals surface area contributed by atoms with Crippen molar-refractivity contribution in [2.24, 2.45) is 0 Å². The predicted molar refractivity (Wildman–Crippen MR) is 63.9 cm³/mol. The van der Waals surface area contributed by atoms with Crippen molar-refractivity contribution in [1.82, 2.24) is 15.5 Å². The number of rotatable bonds is 5. The fourth-order valence-corrected chi connectivity index (χ4v) is 1.68. The van der Waals surface area contributed by atoms with Gasteiger partial charge in [0.15, 0.2) is 5.69 Å². The van der Waals surface area contributed by atoms with Crippen molar-refractivity contribution in [3.05, 3.63) is 11.4 Å². The van der Waals surface area contributed by atoms with Crippen LogP contribution in [0.4, 0.5) is 5.69 Å². The summed E-state index contributed by atoms with van der Waals surface area (Å²) in [5.41, 5.74) is 7.30. The monoisotopic (exact) mass is 252 g/mol. The van der Waals surface area contributed by atoms with Crippen molar-refractivity contribution >= 4 is 17.6 Å². The number of esters is 1. The Bertz CT molecular complexity index is 465. The summed E-state index contributed by atoms with van der Waals surface area (Å²) in [4.78, 5) is 22.6. The van der Waals surface area contributed by atoms with E-state index >= 15 is 0 Å². The summed E-state index contributed by atoms with van der Waals surface area (Å²) in [5, 5.41) is 9.29. The molecule has 0 atom stereocenters. The van der Waals surface area contributed by atoms with Gasteiger partial charge >= 0.3 is 5.97 Å². The van der Waals surface area contributed by atoms with Crippen LogP contribution in [0.15, 0.2) is 0 Å². The van der Waals surface area contributed by atoms with Crippen LogP contribution < -0.4 is 11.1 Å². The second-order valence-corrected chi connectivity index (χ2v) is 4.26. The molecule has 0 bridgehead atoms. The number of aromatic nitrogens is 2. The molecule has 1 aliphatic carbocycles. The summed E-state index contributed by atoms with van der Waals surface area (Å²) in [6, 6.07) is 0. The van der Waals surface area contributed by atoms with E-state index in [2.05, 4.69) is 20.3 Å². The summed E-state index contributed by atoms with van der Waals surface area (Å²) in [7, 11) is 1.30. The molecule has 18 heavy (non-hydrogen) atoms. The van der Waals surface area contributed by atoms with Gasteiger partial charge in [0, 0.05) is 12.5 Å². The lowest BCUT2D eigenvalue weighted by atomic mass is 10.2. The van der Waals surface area contributed by atoms with Crippen LogP contribution in [0.3, 0.4) is 0 Å². The zero-order valence-electron chi connectivity index (χ0n) is 10.2. The quantitative estimate of drug-likeness (QED) is 0.647. The van der Waals surface area contributed by atoms with E-state index in [0.29, 0.717) is 11.6 Å². The van der Waals surface area contributed by atoms with Gasteiger partial charge in [0.25, 0.3) is 5.91 Å². The van der Waals surface area contributed by atoms with Crippen molar-refractivity contribution in [3.8, 4) is 0 Å². The molecule has 0 saturated heterocycles. The van der Waals surface area contributed by atoms with Gasteiger partial charge < -0.3 is 15.8 Å². The van der Waals surface area contributed by atoms with Gasteiger partial charge in [-0.25, -0.2) is 0 Å². The molecule has 1 aliphatic rings. The van der Waals surface area contributed by atoms with Crippen LogP contribution in [0.1, 0.15) is 41.4 Å². The molecule has 0 spiro atoms. The van der Waals surface area contributed by atoms with E-state index in [1.807, 2.05) is 0 Å². The summed E-state index contributed by atoms with van der Waals surface area (Å²) >= 11 is 0. The lowest BCUT2D eigenvalue weighted by Crippen LogP contribution is -2.27. The molecule has 0 unspecified atom stereocenters. The number of nitrogen functional groups attached to an aromatic ring is 1. The molecule has 1 aromatic heterocycles. The lowest BCUT2D eigenvalue weighted by Gasteiger charge is -2.03. The zero-order chi connectivity index (χ0) is 13.1. The summed E-state index contributed by atoms with van der Waals surface area (Å²) < 4.78 is 4.47. The highest BCUT2D eigenvalue weighted by Crippen LogP contribution is 2.42. The van der Waals surface area contributed by atoms with Crippen LogP contribution in [0.25, 0.3) is 0 Å². The van der Waals surface area contributed by atoms with E-state index < -0.39 is 0 Å². The van der Waals surface area contributed by atoms with Crippen molar-refractivity contribution in [3.63, 3.8) is 0 Å². The van der Waals surface area contributed by atoms with Crippen LogP contribution in [0.5, 0.6) is 0 Å². The van der Waals surface area contributed by atoms with Gasteiger partial charge in [-0.05, 0) is 12.8 Å². The predicted octanol–water partition coefficient (Wildman–Crippen LogP) is 0.162. The maximum absolute atomic E-state index is 11.8. The number of carbonyl (C=O) groups is 2. The standard InChI is InChI=1S/C11H16N4O3/c1-18-7(16)4-5-13-11(17)10-8(12)9(14-15-10)6-2-3-6/h6H,2-5,12H2,1H3,(H,13,17)(H,14,15). The summed E-state index contributed by atoms with van der Waals surface area (Å²) in [6.45, 7) is 0.205. The first kappa shape index (κ1) is 12.4. The number of hydrogen-bond donors (Lipinski definition) is 3. The third-order valence-electron chi connectivity index (χ3n) is 2.88. The lowest BCUT2D eigenvalue weighted by molar-refractivity contribution is -0.140.